The molecule has 0 amide bonds. The molecule has 3 heteroatoms. The van der Waals surface area contributed by atoms with Gasteiger partial charge in [0, 0.05) is 19.0 Å². The van der Waals surface area contributed by atoms with Gasteiger partial charge in [0.05, 0.1) is 11.7 Å². The summed E-state index contributed by atoms with van der Waals surface area (Å²) >= 11 is 0. The SMILES string of the molecule is CCC1C=NC(C(C)(F)CC)=C(C)N1C. The second-order valence-corrected chi connectivity index (χ2v) is 4.35. The second kappa shape index (κ2) is 4.33. The molecule has 2 atom stereocenters. The molecule has 1 rings (SSSR count). The highest BCUT2D eigenvalue weighted by atomic mass is 19.1. The maximum atomic E-state index is 14.2. The fourth-order valence-electron chi connectivity index (χ4n) is 1.83. The van der Waals surface area contributed by atoms with Crippen LogP contribution in [0, 0.1) is 0 Å². The van der Waals surface area contributed by atoms with E-state index < -0.39 is 5.67 Å². The largest absolute Gasteiger partial charge is 0.369 e. The summed E-state index contributed by atoms with van der Waals surface area (Å²) in [5.41, 5.74) is 0.224. The first-order chi connectivity index (χ1) is 6.94. The lowest BCUT2D eigenvalue weighted by atomic mass is 9.97. The Hall–Kier alpha value is -0.860. The minimum atomic E-state index is -1.31. The standard InChI is InChI=1S/C12H21FN2/c1-6-10-8-14-11(9(3)15(10)5)12(4,13)7-2/h8,10H,6-7H2,1-5H3. The van der Waals surface area contributed by atoms with Crippen molar-refractivity contribution >= 4 is 6.21 Å². The Morgan fingerprint density at radius 3 is 2.60 bits per heavy atom. The van der Waals surface area contributed by atoms with Crippen molar-refractivity contribution in [2.45, 2.75) is 52.2 Å². The summed E-state index contributed by atoms with van der Waals surface area (Å²) in [7, 11) is 2.00. The van der Waals surface area contributed by atoms with Gasteiger partial charge in [-0.1, -0.05) is 13.8 Å². The van der Waals surface area contributed by atoms with Gasteiger partial charge in [0.1, 0.15) is 0 Å². The van der Waals surface area contributed by atoms with Crippen molar-refractivity contribution in [3.05, 3.63) is 11.4 Å². The highest BCUT2D eigenvalue weighted by molar-refractivity contribution is 5.68. The van der Waals surface area contributed by atoms with Crippen LogP contribution in [0.15, 0.2) is 16.4 Å². The van der Waals surface area contributed by atoms with Crippen LogP contribution in [0.25, 0.3) is 0 Å². The molecule has 0 aromatic heterocycles. The molecule has 2 unspecified atom stereocenters. The molecule has 15 heavy (non-hydrogen) atoms. The molecule has 0 spiro atoms. The molecule has 0 aromatic rings. The van der Waals surface area contributed by atoms with E-state index in [2.05, 4.69) is 16.8 Å². The summed E-state index contributed by atoms with van der Waals surface area (Å²) in [4.78, 5) is 6.40. The zero-order chi connectivity index (χ0) is 11.6. The van der Waals surface area contributed by atoms with Crippen molar-refractivity contribution in [1.29, 1.82) is 0 Å². The minimum absolute atomic E-state index is 0.307. The zero-order valence-electron chi connectivity index (χ0n) is 10.3. The van der Waals surface area contributed by atoms with Crippen LogP contribution in [-0.4, -0.2) is 29.9 Å². The maximum absolute atomic E-state index is 14.2. The molecular formula is C12H21FN2. The number of hydrogen-bond acceptors (Lipinski definition) is 2. The highest BCUT2D eigenvalue weighted by Gasteiger charge is 2.32. The molecule has 0 saturated heterocycles. The van der Waals surface area contributed by atoms with E-state index in [4.69, 9.17) is 0 Å². The molecule has 0 aliphatic carbocycles. The van der Waals surface area contributed by atoms with Crippen LogP contribution in [0.4, 0.5) is 4.39 Å². The molecule has 0 aromatic carbocycles. The second-order valence-electron chi connectivity index (χ2n) is 4.35. The quantitative estimate of drug-likeness (QED) is 0.701. The number of halogens is 1. The summed E-state index contributed by atoms with van der Waals surface area (Å²) in [6.07, 6.45) is 3.32. The lowest BCUT2D eigenvalue weighted by molar-refractivity contribution is 0.216. The maximum Gasteiger partial charge on any atom is 0.151 e. The van der Waals surface area contributed by atoms with Gasteiger partial charge >= 0.3 is 0 Å². The molecule has 0 saturated carbocycles. The molecule has 1 heterocycles. The first-order valence-electron chi connectivity index (χ1n) is 5.61. The van der Waals surface area contributed by atoms with Crippen molar-refractivity contribution in [1.82, 2.24) is 4.90 Å². The summed E-state index contributed by atoms with van der Waals surface area (Å²) in [5.74, 6) is 0. The van der Waals surface area contributed by atoms with Crippen LogP contribution >= 0.6 is 0 Å². The molecule has 0 N–H and O–H groups in total. The molecule has 1 aliphatic heterocycles. The first kappa shape index (κ1) is 12.2. The van der Waals surface area contributed by atoms with Crippen LogP contribution in [0.3, 0.4) is 0 Å². The topological polar surface area (TPSA) is 15.6 Å². The number of hydrogen-bond donors (Lipinski definition) is 0. The predicted octanol–water partition coefficient (Wildman–Crippen LogP) is 3.15. The van der Waals surface area contributed by atoms with Gasteiger partial charge in [-0.25, -0.2) is 4.39 Å². The Labute approximate surface area is 91.9 Å². The van der Waals surface area contributed by atoms with Gasteiger partial charge in [-0.15, -0.1) is 0 Å². The number of aliphatic imine (C=N–C) groups is 1. The average Bonchev–Trinajstić information content (AvgIpc) is 2.21. The molecule has 1 aliphatic rings. The van der Waals surface area contributed by atoms with E-state index in [0.29, 0.717) is 18.2 Å². The van der Waals surface area contributed by atoms with Crippen LogP contribution in [0.5, 0.6) is 0 Å². The van der Waals surface area contributed by atoms with Crippen molar-refractivity contribution in [2.24, 2.45) is 4.99 Å². The smallest absolute Gasteiger partial charge is 0.151 e. The Bertz CT molecular complexity index is 292. The zero-order valence-corrected chi connectivity index (χ0v) is 10.3. The third-order valence-electron chi connectivity index (χ3n) is 3.32. The van der Waals surface area contributed by atoms with Crippen molar-refractivity contribution in [3.8, 4) is 0 Å². The Kier molecular flexibility index (Phi) is 3.53. The number of nitrogens with zero attached hydrogens (tertiary/aromatic N) is 2. The fourth-order valence-corrected chi connectivity index (χ4v) is 1.83. The first-order valence-corrected chi connectivity index (χ1v) is 5.61. The third kappa shape index (κ3) is 2.21. The van der Waals surface area contributed by atoms with Crippen molar-refractivity contribution < 1.29 is 4.39 Å². The van der Waals surface area contributed by atoms with E-state index in [1.807, 2.05) is 27.1 Å². The number of rotatable bonds is 3. The Balaban J connectivity index is 3.02. The van der Waals surface area contributed by atoms with Crippen LogP contribution < -0.4 is 0 Å². The minimum Gasteiger partial charge on any atom is -0.369 e. The van der Waals surface area contributed by atoms with E-state index in [1.54, 1.807) is 6.92 Å². The van der Waals surface area contributed by atoms with Crippen LogP contribution in [0.1, 0.15) is 40.5 Å². The molecule has 0 radical (unpaired) electrons. The van der Waals surface area contributed by atoms with Crippen LogP contribution in [-0.2, 0) is 0 Å². The third-order valence-corrected chi connectivity index (χ3v) is 3.32. The number of allylic oxidation sites excluding steroid dienone is 2. The summed E-state index contributed by atoms with van der Waals surface area (Å²) in [5, 5.41) is 0. The van der Waals surface area contributed by atoms with Gasteiger partial charge in [0.15, 0.2) is 5.67 Å². The van der Waals surface area contributed by atoms with Gasteiger partial charge in [-0.3, -0.25) is 4.99 Å². The molecular weight excluding hydrogens is 191 g/mol. The van der Waals surface area contributed by atoms with Gasteiger partial charge in [-0.05, 0) is 26.7 Å². The normalized spacial score (nSPS) is 25.7. The van der Waals surface area contributed by atoms with Crippen molar-refractivity contribution in [3.63, 3.8) is 0 Å². The van der Waals surface area contributed by atoms with E-state index in [9.17, 15) is 4.39 Å². The predicted molar refractivity (Wildman–Crippen MR) is 62.8 cm³/mol. The summed E-state index contributed by atoms with van der Waals surface area (Å²) < 4.78 is 14.2. The number of alkyl halides is 1. The Morgan fingerprint density at radius 1 is 1.53 bits per heavy atom. The van der Waals surface area contributed by atoms with E-state index in [0.717, 1.165) is 12.1 Å². The lowest BCUT2D eigenvalue weighted by Crippen LogP contribution is -2.37. The lowest BCUT2D eigenvalue weighted by Gasteiger charge is -2.34. The molecule has 0 fully saturated rings. The van der Waals surface area contributed by atoms with E-state index in [-0.39, 0.29) is 0 Å². The average molecular weight is 212 g/mol. The van der Waals surface area contributed by atoms with Gasteiger partial charge < -0.3 is 4.90 Å². The van der Waals surface area contributed by atoms with Gasteiger partial charge in [-0.2, -0.15) is 0 Å². The van der Waals surface area contributed by atoms with E-state index in [1.165, 1.54) is 0 Å². The van der Waals surface area contributed by atoms with Crippen molar-refractivity contribution in [2.75, 3.05) is 7.05 Å². The van der Waals surface area contributed by atoms with Gasteiger partial charge in [0.25, 0.3) is 0 Å². The Morgan fingerprint density at radius 2 is 2.13 bits per heavy atom. The van der Waals surface area contributed by atoms with E-state index >= 15 is 0 Å². The monoisotopic (exact) mass is 212 g/mol. The molecule has 0 bridgehead atoms. The summed E-state index contributed by atoms with van der Waals surface area (Å²) in [6.45, 7) is 7.51. The molecule has 86 valence electrons. The van der Waals surface area contributed by atoms with Gasteiger partial charge in [0.2, 0.25) is 0 Å². The fraction of sp³-hybridized carbons (Fsp3) is 0.750. The van der Waals surface area contributed by atoms with Crippen LogP contribution in [0.2, 0.25) is 0 Å². The highest BCUT2D eigenvalue weighted by Crippen LogP contribution is 2.32. The molecule has 2 nitrogen and oxygen atoms in total. The summed E-state index contributed by atoms with van der Waals surface area (Å²) in [6, 6.07) is 0.307.